The first-order chi connectivity index (χ1) is 6.65. The van der Waals surface area contributed by atoms with E-state index in [9.17, 15) is 4.79 Å². The van der Waals surface area contributed by atoms with E-state index in [1.54, 1.807) is 0 Å². The lowest BCUT2D eigenvalue weighted by atomic mass is 9.98. The first-order valence-corrected chi connectivity index (χ1v) is 4.87. The van der Waals surface area contributed by atoms with Crippen LogP contribution < -0.4 is 0 Å². The van der Waals surface area contributed by atoms with Crippen LogP contribution >= 0.6 is 0 Å². The van der Waals surface area contributed by atoms with E-state index in [1.807, 2.05) is 6.92 Å². The molecular formula is C11H17NO2. The molecular weight excluding hydrogens is 178 g/mol. The lowest BCUT2D eigenvalue weighted by Crippen LogP contribution is -1.98. The van der Waals surface area contributed by atoms with Crippen molar-refractivity contribution in [2.45, 2.75) is 39.5 Å². The van der Waals surface area contributed by atoms with Gasteiger partial charge in [-0.3, -0.25) is 0 Å². The Morgan fingerprint density at radius 1 is 1.36 bits per heavy atom. The number of hydrogen-bond acceptors (Lipinski definition) is 3. The number of rotatable bonds is 6. The summed E-state index contributed by atoms with van der Waals surface area (Å²) >= 11 is 0. The fourth-order valence-electron chi connectivity index (χ4n) is 1.30. The molecule has 14 heavy (non-hydrogen) atoms. The maximum absolute atomic E-state index is 10.8. The summed E-state index contributed by atoms with van der Waals surface area (Å²) in [6, 6.07) is 2.12. The van der Waals surface area contributed by atoms with Crippen LogP contribution in [0.2, 0.25) is 0 Å². The van der Waals surface area contributed by atoms with Gasteiger partial charge in [0.05, 0.1) is 6.07 Å². The molecule has 0 spiro atoms. The normalized spacial score (nSPS) is 11.9. The van der Waals surface area contributed by atoms with Crippen molar-refractivity contribution in [2.75, 3.05) is 6.61 Å². The highest BCUT2D eigenvalue weighted by atomic mass is 16.3. The molecule has 0 aliphatic carbocycles. The summed E-state index contributed by atoms with van der Waals surface area (Å²) in [5.74, 6) is 0.119. The third-order valence-corrected chi connectivity index (χ3v) is 2.11. The Balaban J connectivity index is 4.49. The van der Waals surface area contributed by atoms with Gasteiger partial charge in [-0.1, -0.05) is 12.5 Å². The second-order valence-electron chi connectivity index (χ2n) is 3.22. The summed E-state index contributed by atoms with van der Waals surface area (Å²) in [5, 5.41) is 17.6. The number of aliphatic hydroxyl groups excluding tert-OH is 1. The molecule has 0 radical (unpaired) electrons. The predicted molar refractivity (Wildman–Crippen MR) is 54.5 cm³/mol. The van der Waals surface area contributed by atoms with E-state index in [0.29, 0.717) is 31.3 Å². The van der Waals surface area contributed by atoms with Crippen molar-refractivity contribution in [3.05, 3.63) is 11.1 Å². The molecule has 0 unspecified atom stereocenters. The Kier molecular flexibility index (Phi) is 6.69. The summed E-state index contributed by atoms with van der Waals surface area (Å²) in [7, 11) is 0. The maximum Gasteiger partial charge on any atom is 0.130 e. The molecule has 0 saturated carbocycles. The lowest BCUT2D eigenvalue weighted by Gasteiger charge is -2.06. The van der Waals surface area contributed by atoms with E-state index >= 15 is 0 Å². The Hall–Kier alpha value is -1.14. The molecule has 0 aliphatic rings. The minimum Gasteiger partial charge on any atom is -0.396 e. The van der Waals surface area contributed by atoms with Crippen LogP contribution in [-0.4, -0.2) is 17.5 Å². The first kappa shape index (κ1) is 12.9. The molecule has 3 nitrogen and oxygen atoms in total. The summed E-state index contributed by atoms with van der Waals surface area (Å²) in [4.78, 5) is 10.8. The van der Waals surface area contributed by atoms with Crippen molar-refractivity contribution in [1.29, 1.82) is 5.26 Å². The number of ketones is 1. The Morgan fingerprint density at radius 3 is 2.36 bits per heavy atom. The molecule has 0 bridgehead atoms. The van der Waals surface area contributed by atoms with Crippen molar-refractivity contribution in [3.63, 3.8) is 0 Å². The standard InChI is InChI=1S/C11H17NO2/c1-3-10(8-12)11(6-7-13)5-4-9(2)14/h13H,3-7H2,1-2H3/b11-10+. The smallest absolute Gasteiger partial charge is 0.130 e. The monoisotopic (exact) mass is 195 g/mol. The topological polar surface area (TPSA) is 61.1 Å². The van der Waals surface area contributed by atoms with Gasteiger partial charge in [0, 0.05) is 18.6 Å². The van der Waals surface area contributed by atoms with Crippen LogP contribution in [0, 0.1) is 11.3 Å². The second kappa shape index (κ2) is 7.28. The summed E-state index contributed by atoms with van der Waals surface area (Å²) in [6.07, 6.45) is 2.24. The summed E-state index contributed by atoms with van der Waals surface area (Å²) < 4.78 is 0. The first-order valence-electron chi connectivity index (χ1n) is 4.87. The van der Waals surface area contributed by atoms with Crippen LogP contribution in [0.3, 0.4) is 0 Å². The second-order valence-corrected chi connectivity index (χ2v) is 3.22. The van der Waals surface area contributed by atoms with Gasteiger partial charge < -0.3 is 9.90 Å². The van der Waals surface area contributed by atoms with E-state index in [4.69, 9.17) is 10.4 Å². The number of carbonyl (C=O) groups is 1. The minimum absolute atomic E-state index is 0.0401. The molecule has 0 saturated heterocycles. The fourth-order valence-corrected chi connectivity index (χ4v) is 1.30. The molecule has 0 rings (SSSR count). The maximum atomic E-state index is 10.8. The van der Waals surface area contributed by atoms with E-state index < -0.39 is 0 Å². The molecule has 78 valence electrons. The molecule has 0 aromatic carbocycles. The number of carbonyl (C=O) groups excluding carboxylic acids is 1. The third kappa shape index (κ3) is 4.78. The van der Waals surface area contributed by atoms with Crippen molar-refractivity contribution in [3.8, 4) is 6.07 Å². The van der Waals surface area contributed by atoms with E-state index in [0.717, 1.165) is 5.57 Å². The van der Waals surface area contributed by atoms with Gasteiger partial charge in [0.25, 0.3) is 0 Å². The number of allylic oxidation sites excluding steroid dienone is 1. The van der Waals surface area contributed by atoms with Crippen LogP contribution in [-0.2, 0) is 4.79 Å². The zero-order chi connectivity index (χ0) is 11.0. The van der Waals surface area contributed by atoms with E-state index in [1.165, 1.54) is 6.92 Å². The summed E-state index contributed by atoms with van der Waals surface area (Å²) in [5.41, 5.74) is 1.63. The number of nitrogens with zero attached hydrogens (tertiary/aromatic N) is 1. The Bertz CT molecular complexity index is 261. The molecule has 1 N–H and O–H groups in total. The van der Waals surface area contributed by atoms with Gasteiger partial charge in [-0.25, -0.2) is 0 Å². The number of aliphatic hydroxyl groups is 1. The SMILES string of the molecule is CC/C(C#N)=C(\CCO)CCC(C)=O. The van der Waals surface area contributed by atoms with Crippen LogP contribution in [0.25, 0.3) is 0 Å². The van der Waals surface area contributed by atoms with Crippen molar-refractivity contribution in [2.24, 2.45) is 0 Å². The number of hydrogen-bond donors (Lipinski definition) is 1. The largest absolute Gasteiger partial charge is 0.396 e. The molecule has 0 aromatic heterocycles. The number of nitriles is 1. The summed E-state index contributed by atoms with van der Waals surface area (Å²) in [6.45, 7) is 3.48. The van der Waals surface area contributed by atoms with Crippen LogP contribution in [0.1, 0.15) is 39.5 Å². The van der Waals surface area contributed by atoms with Crippen LogP contribution in [0.15, 0.2) is 11.1 Å². The van der Waals surface area contributed by atoms with E-state index in [2.05, 4.69) is 6.07 Å². The molecule has 0 aromatic rings. The Morgan fingerprint density at radius 2 is 2.00 bits per heavy atom. The molecule has 0 atom stereocenters. The average Bonchev–Trinajstić information content (AvgIpc) is 2.15. The Labute approximate surface area is 85.0 Å². The zero-order valence-corrected chi connectivity index (χ0v) is 8.84. The minimum atomic E-state index is 0.0401. The quantitative estimate of drug-likeness (QED) is 0.659. The van der Waals surface area contributed by atoms with Gasteiger partial charge in [-0.2, -0.15) is 5.26 Å². The number of Topliss-reactive ketones (excluding diaryl/α,β-unsaturated/α-hetero) is 1. The van der Waals surface area contributed by atoms with Crippen molar-refractivity contribution >= 4 is 5.78 Å². The molecule has 3 heteroatoms. The fraction of sp³-hybridized carbons (Fsp3) is 0.636. The predicted octanol–water partition coefficient (Wildman–Crippen LogP) is 1.97. The van der Waals surface area contributed by atoms with Crippen LogP contribution in [0.5, 0.6) is 0 Å². The molecule has 0 aliphatic heterocycles. The highest BCUT2D eigenvalue weighted by Crippen LogP contribution is 2.17. The highest BCUT2D eigenvalue weighted by molar-refractivity contribution is 5.75. The van der Waals surface area contributed by atoms with E-state index in [-0.39, 0.29) is 12.4 Å². The molecule has 0 fully saturated rings. The lowest BCUT2D eigenvalue weighted by molar-refractivity contribution is -0.116. The van der Waals surface area contributed by atoms with Gasteiger partial charge in [-0.15, -0.1) is 0 Å². The van der Waals surface area contributed by atoms with Gasteiger partial charge in [0.1, 0.15) is 5.78 Å². The van der Waals surface area contributed by atoms with Crippen molar-refractivity contribution < 1.29 is 9.90 Å². The zero-order valence-electron chi connectivity index (χ0n) is 8.84. The van der Waals surface area contributed by atoms with Crippen LogP contribution in [0.4, 0.5) is 0 Å². The van der Waals surface area contributed by atoms with Gasteiger partial charge in [0.2, 0.25) is 0 Å². The molecule has 0 amide bonds. The van der Waals surface area contributed by atoms with Gasteiger partial charge in [-0.05, 0) is 26.2 Å². The van der Waals surface area contributed by atoms with Gasteiger partial charge in [0.15, 0.2) is 0 Å². The molecule has 0 heterocycles. The van der Waals surface area contributed by atoms with Gasteiger partial charge >= 0.3 is 0 Å². The highest BCUT2D eigenvalue weighted by Gasteiger charge is 2.05. The average molecular weight is 195 g/mol. The third-order valence-electron chi connectivity index (χ3n) is 2.11. The van der Waals surface area contributed by atoms with Crippen molar-refractivity contribution in [1.82, 2.24) is 0 Å².